The Hall–Kier alpha value is -3.67. The van der Waals surface area contributed by atoms with Crippen LogP contribution in [0.1, 0.15) is 49.3 Å². The summed E-state index contributed by atoms with van der Waals surface area (Å²) in [4.78, 5) is 36.7. The number of esters is 1. The number of Topliss-reactive ketones (excluding diaryl/α,β-unsaturated/α-hetero) is 1. The van der Waals surface area contributed by atoms with Gasteiger partial charge >= 0.3 is 5.97 Å². The van der Waals surface area contributed by atoms with E-state index in [1.807, 2.05) is 19.1 Å². The van der Waals surface area contributed by atoms with Gasteiger partial charge in [-0.05, 0) is 48.7 Å². The van der Waals surface area contributed by atoms with E-state index in [2.05, 4.69) is 5.32 Å². The molecular formula is C23H21NO5. The van der Waals surface area contributed by atoms with Gasteiger partial charge in [0.05, 0.1) is 11.8 Å². The van der Waals surface area contributed by atoms with Crippen molar-refractivity contribution in [2.45, 2.75) is 20.3 Å². The predicted octanol–water partition coefficient (Wildman–Crippen LogP) is 4.44. The van der Waals surface area contributed by atoms with Crippen molar-refractivity contribution in [3.8, 4) is 0 Å². The van der Waals surface area contributed by atoms with E-state index in [1.54, 1.807) is 43.3 Å². The maximum Gasteiger partial charge on any atom is 0.338 e. The van der Waals surface area contributed by atoms with Crippen molar-refractivity contribution in [1.82, 2.24) is 0 Å². The van der Waals surface area contributed by atoms with Crippen LogP contribution in [-0.2, 0) is 11.2 Å². The molecule has 1 heterocycles. The number of ether oxygens (including phenoxy) is 1. The van der Waals surface area contributed by atoms with Crippen LogP contribution in [0.25, 0.3) is 0 Å². The minimum atomic E-state index is -0.642. The number of amides is 1. The van der Waals surface area contributed by atoms with Gasteiger partial charge in [0.15, 0.2) is 18.2 Å². The summed E-state index contributed by atoms with van der Waals surface area (Å²) in [5.41, 5.74) is 3.09. The SMILES string of the molecule is CCc1ccc(C(=O)COC(=O)c2ccc(C)c(NC(=O)c3ccco3)c2)cc1. The van der Waals surface area contributed by atoms with Crippen LogP contribution in [0.3, 0.4) is 0 Å². The van der Waals surface area contributed by atoms with Crippen molar-refractivity contribution in [3.05, 3.63) is 88.9 Å². The summed E-state index contributed by atoms with van der Waals surface area (Å²) in [5.74, 6) is -1.18. The summed E-state index contributed by atoms with van der Waals surface area (Å²) in [6, 6.07) is 15.2. The molecule has 3 aromatic rings. The number of carbonyl (C=O) groups is 3. The number of aryl methyl sites for hydroxylation is 2. The largest absolute Gasteiger partial charge is 0.459 e. The highest BCUT2D eigenvalue weighted by Gasteiger charge is 2.15. The lowest BCUT2D eigenvalue weighted by atomic mass is 10.1. The van der Waals surface area contributed by atoms with Crippen molar-refractivity contribution in [1.29, 1.82) is 0 Å². The molecule has 1 N–H and O–H groups in total. The van der Waals surface area contributed by atoms with E-state index in [4.69, 9.17) is 9.15 Å². The van der Waals surface area contributed by atoms with Crippen LogP contribution < -0.4 is 5.32 Å². The molecule has 0 aliphatic carbocycles. The molecule has 0 fully saturated rings. The Labute approximate surface area is 168 Å². The first-order valence-corrected chi connectivity index (χ1v) is 9.22. The van der Waals surface area contributed by atoms with Gasteiger partial charge in [-0.15, -0.1) is 0 Å². The maximum absolute atomic E-state index is 12.4. The van der Waals surface area contributed by atoms with Crippen LogP contribution in [0.4, 0.5) is 5.69 Å². The fourth-order valence-electron chi connectivity index (χ4n) is 2.70. The Bertz CT molecular complexity index is 1020. The average molecular weight is 391 g/mol. The monoisotopic (exact) mass is 391 g/mol. The Morgan fingerprint density at radius 3 is 2.38 bits per heavy atom. The number of furan rings is 1. The van der Waals surface area contributed by atoms with Gasteiger partial charge in [-0.2, -0.15) is 0 Å². The fourth-order valence-corrected chi connectivity index (χ4v) is 2.70. The first-order chi connectivity index (χ1) is 14.0. The zero-order chi connectivity index (χ0) is 20.8. The molecule has 6 nitrogen and oxygen atoms in total. The van der Waals surface area contributed by atoms with Crippen LogP contribution in [-0.4, -0.2) is 24.3 Å². The van der Waals surface area contributed by atoms with E-state index in [0.29, 0.717) is 11.3 Å². The normalized spacial score (nSPS) is 10.4. The molecule has 3 rings (SSSR count). The second-order valence-corrected chi connectivity index (χ2v) is 6.51. The third-order valence-corrected chi connectivity index (χ3v) is 4.48. The van der Waals surface area contributed by atoms with Crippen molar-refractivity contribution in [3.63, 3.8) is 0 Å². The molecule has 0 bridgehead atoms. The highest BCUT2D eigenvalue weighted by molar-refractivity contribution is 6.04. The number of anilines is 1. The molecule has 1 amide bonds. The molecule has 0 saturated carbocycles. The van der Waals surface area contributed by atoms with Gasteiger partial charge in [0.2, 0.25) is 0 Å². The minimum absolute atomic E-state index is 0.164. The van der Waals surface area contributed by atoms with E-state index >= 15 is 0 Å². The minimum Gasteiger partial charge on any atom is -0.459 e. The number of carbonyl (C=O) groups excluding carboxylic acids is 3. The third-order valence-electron chi connectivity index (χ3n) is 4.48. The number of hydrogen-bond acceptors (Lipinski definition) is 5. The molecular weight excluding hydrogens is 370 g/mol. The number of hydrogen-bond donors (Lipinski definition) is 1. The second-order valence-electron chi connectivity index (χ2n) is 6.51. The Morgan fingerprint density at radius 1 is 1.00 bits per heavy atom. The number of nitrogens with one attached hydrogen (secondary N) is 1. The quantitative estimate of drug-likeness (QED) is 0.475. The molecule has 2 aromatic carbocycles. The second kappa shape index (κ2) is 9.01. The molecule has 0 aliphatic heterocycles. The van der Waals surface area contributed by atoms with Crippen molar-refractivity contribution < 1.29 is 23.5 Å². The van der Waals surface area contributed by atoms with Gasteiger partial charge in [0.25, 0.3) is 5.91 Å². The van der Waals surface area contributed by atoms with Gasteiger partial charge in [0, 0.05) is 11.3 Å². The lowest BCUT2D eigenvalue weighted by molar-refractivity contribution is 0.0474. The van der Waals surface area contributed by atoms with Crippen LogP contribution in [0, 0.1) is 6.92 Å². The maximum atomic E-state index is 12.4. The Morgan fingerprint density at radius 2 is 1.72 bits per heavy atom. The molecule has 0 spiro atoms. The van der Waals surface area contributed by atoms with Crippen LogP contribution >= 0.6 is 0 Å². The molecule has 0 unspecified atom stereocenters. The van der Waals surface area contributed by atoms with E-state index in [-0.39, 0.29) is 23.7 Å². The van der Waals surface area contributed by atoms with Crippen LogP contribution in [0.5, 0.6) is 0 Å². The highest BCUT2D eigenvalue weighted by Crippen LogP contribution is 2.19. The lowest BCUT2D eigenvalue weighted by Gasteiger charge is -2.10. The van der Waals surface area contributed by atoms with Gasteiger partial charge in [-0.3, -0.25) is 9.59 Å². The van der Waals surface area contributed by atoms with E-state index in [9.17, 15) is 14.4 Å². The van der Waals surface area contributed by atoms with Crippen molar-refractivity contribution in [2.24, 2.45) is 0 Å². The summed E-state index contributed by atoms with van der Waals surface area (Å²) in [6.07, 6.45) is 2.29. The molecule has 6 heteroatoms. The Kier molecular flexibility index (Phi) is 6.24. The fraction of sp³-hybridized carbons (Fsp3) is 0.174. The number of ketones is 1. The van der Waals surface area contributed by atoms with E-state index < -0.39 is 11.9 Å². The lowest BCUT2D eigenvalue weighted by Crippen LogP contribution is -2.16. The third kappa shape index (κ3) is 4.99. The van der Waals surface area contributed by atoms with E-state index in [1.165, 1.54) is 12.3 Å². The first-order valence-electron chi connectivity index (χ1n) is 9.22. The van der Waals surface area contributed by atoms with E-state index in [0.717, 1.165) is 17.5 Å². The van der Waals surface area contributed by atoms with Gasteiger partial charge < -0.3 is 14.5 Å². The van der Waals surface area contributed by atoms with Crippen molar-refractivity contribution in [2.75, 3.05) is 11.9 Å². The van der Waals surface area contributed by atoms with Crippen molar-refractivity contribution >= 4 is 23.3 Å². The zero-order valence-electron chi connectivity index (χ0n) is 16.2. The molecule has 1 aromatic heterocycles. The number of benzene rings is 2. The summed E-state index contributed by atoms with van der Waals surface area (Å²) < 4.78 is 10.2. The Balaban J connectivity index is 1.64. The summed E-state index contributed by atoms with van der Waals surface area (Å²) in [5, 5.41) is 2.70. The molecule has 0 atom stereocenters. The number of rotatable bonds is 7. The molecule has 0 aliphatic rings. The predicted molar refractivity (Wildman–Crippen MR) is 108 cm³/mol. The zero-order valence-corrected chi connectivity index (χ0v) is 16.2. The topological polar surface area (TPSA) is 85.6 Å². The smallest absolute Gasteiger partial charge is 0.338 e. The van der Waals surface area contributed by atoms with Gasteiger partial charge in [-0.25, -0.2) is 4.79 Å². The van der Waals surface area contributed by atoms with Crippen LogP contribution in [0.15, 0.2) is 65.3 Å². The molecule has 0 radical (unpaired) electrons. The molecule has 29 heavy (non-hydrogen) atoms. The highest BCUT2D eigenvalue weighted by atomic mass is 16.5. The summed E-state index contributed by atoms with van der Waals surface area (Å²) in [6.45, 7) is 3.48. The summed E-state index contributed by atoms with van der Waals surface area (Å²) >= 11 is 0. The molecule has 0 saturated heterocycles. The summed E-state index contributed by atoms with van der Waals surface area (Å²) in [7, 11) is 0. The average Bonchev–Trinajstić information content (AvgIpc) is 3.28. The van der Waals surface area contributed by atoms with Crippen LogP contribution in [0.2, 0.25) is 0 Å². The van der Waals surface area contributed by atoms with Gasteiger partial charge in [-0.1, -0.05) is 37.3 Å². The van der Waals surface area contributed by atoms with Gasteiger partial charge in [0.1, 0.15) is 0 Å². The first kappa shape index (κ1) is 20.1. The molecule has 148 valence electrons. The standard InChI is InChI=1S/C23H21NO5/c1-3-16-7-10-17(11-8-16)20(25)14-29-23(27)18-9-6-15(2)19(13-18)24-22(26)21-5-4-12-28-21/h4-13H,3,14H2,1-2H3,(H,24,26).